The van der Waals surface area contributed by atoms with Crippen molar-refractivity contribution in [3.8, 4) is 0 Å². The first-order valence-corrected chi connectivity index (χ1v) is 8.24. The minimum Gasteiger partial charge on any atom is -0.374 e. The Morgan fingerprint density at radius 3 is 2.58 bits per heavy atom. The number of likely N-dealkylation sites (N-methyl/N-ethyl adjacent to an activating group) is 1. The molecule has 1 N–H and O–H groups in total. The normalized spacial score (nSPS) is 22.0. The van der Waals surface area contributed by atoms with Gasteiger partial charge in [0.15, 0.2) is 0 Å². The average Bonchev–Trinajstić information content (AvgIpc) is 2.37. The lowest BCUT2D eigenvalue weighted by Crippen LogP contribution is -2.51. The molecule has 0 aromatic carbocycles. The third-order valence-corrected chi connectivity index (χ3v) is 4.39. The number of rotatable bonds is 7. The lowest BCUT2D eigenvalue weighted by atomic mass is 9.83. The molecule has 0 radical (unpaired) electrons. The molecule has 0 bridgehead atoms. The van der Waals surface area contributed by atoms with E-state index in [1.807, 2.05) is 0 Å². The highest BCUT2D eigenvalue weighted by atomic mass is 16.5. The predicted octanol–water partition coefficient (Wildman–Crippen LogP) is 4.45. The first-order chi connectivity index (χ1) is 9.18. The molecule has 0 spiro atoms. The van der Waals surface area contributed by atoms with Crippen LogP contribution in [0.1, 0.15) is 72.6 Å². The highest BCUT2D eigenvalue weighted by Gasteiger charge is 2.34. The molecule has 0 aromatic heterocycles. The Balaban J connectivity index is 2.89. The van der Waals surface area contributed by atoms with Crippen molar-refractivity contribution in [1.82, 2.24) is 5.32 Å². The zero-order valence-corrected chi connectivity index (χ0v) is 13.4. The molecule has 0 aliphatic heterocycles. The van der Waals surface area contributed by atoms with Gasteiger partial charge in [-0.05, 0) is 52.5 Å². The van der Waals surface area contributed by atoms with Gasteiger partial charge in [-0.15, -0.1) is 0 Å². The summed E-state index contributed by atoms with van der Waals surface area (Å²) in [6, 6.07) is 0.376. The molecule has 0 saturated heterocycles. The summed E-state index contributed by atoms with van der Waals surface area (Å²) in [4.78, 5) is 0. The molecule has 1 aliphatic rings. The maximum absolute atomic E-state index is 6.12. The van der Waals surface area contributed by atoms with Crippen molar-refractivity contribution in [2.45, 2.75) is 84.3 Å². The van der Waals surface area contributed by atoms with E-state index in [1.54, 1.807) is 5.57 Å². The molecule has 1 aliphatic carbocycles. The Morgan fingerprint density at radius 1 is 1.21 bits per heavy atom. The summed E-state index contributed by atoms with van der Waals surface area (Å²) in [7, 11) is 0. The third-order valence-electron chi connectivity index (χ3n) is 4.39. The number of hydrogen-bond donors (Lipinski definition) is 1. The Kier molecular flexibility index (Phi) is 7.70. The van der Waals surface area contributed by atoms with Gasteiger partial charge in [0.25, 0.3) is 0 Å². The van der Waals surface area contributed by atoms with E-state index in [2.05, 4.69) is 39.1 Å². The Bertz CT molecular complexity index is 274. The highest BCUT2D eigenvalue weighted by molar-refractivity contribution is 5.17. The summed E-state index contributed by atoms with van der Waals surface area (Å²) in [5, 5.41) is 3.68. The van der Waals surface area contributed by atoms with Crippen LogP contribution in [0, 0.1) is 0 Å². The van der Waals surface area contributed by atoms with E-state index in [0.29, 0.717) is 6.04 Å². The topological polar surface area (TPSA) is 21.3 Å². The molecule has 112 valence electrons. The fourth-order valence-electron chi connectivity index (χ4n) is 3.14. The van der Waals surface area contributed by atoms with Crippen LogP contribution in [0.15, 0.2) is 11.6 Å². The standard InChI is InChI=1S/C17H33NO/c1-5-17(4,19-7-3)16(18-6-2)15-13-11-9-8-10-12-14-15/h13,16,18H,5-12,14H2,1-4H3. The number of ether oxygens (including phenoxy) is 1. The maximum atomic E-state index is 6.12. The molecular weight excluding hydrogens is 234 g/mol. The van der Waals surface area contributed by atoms with Gasteiger partial charge in [-0.2, -0.15) is 0 Å². The highest BCUT2D eigenvalue weighted by Crippen LogP contribution is 2.30. The van der Waals surface area contributed by atoms with Gasteiger partial charge in [0.05, 0.1) is 11.6 Å². The van der Waals surface area contributed by atoms with Gasteiger partial charge in [0.1, 0.15) is 0 Å². The van der Waals surface area contributed by atoms with Gasteiger partial charge in [-0.1, -0.05) is 38.3 Å². The van der Waals surface area contributed by atoms with Crippen molar-refractivity contribution in [1.29, 1.82) is 0 Å². The maximum Gasteiger partial charge on any atom is 0.0842 e. The Hall–Kier alpha value is -0.340. The zero-order valence-electron chi connectivity index (χ0n) is 13.4. The average molecular weight is 267 g/mol. The molecule has 0 heterocycles. The lowest BCUT2D eigenvalue weighted by Gasteiger charge is -2.39. The van der Waals surface area contributed by atoms with Gasteiger partial charge in [-0.3, -0.25) is 0 Å². The van der Waals surface area contributed by atoms with E-state index < -0.39 is 0 Å². The molecule has 19 heavy (non-hydrogen) atoms. The van der Waals surface area contributed by atoms with Crippen LogP contribution in [-0.2, 0) is 4.74 Å². The first kappa shape index (κ1) is 16.7. The first-order valence-electron chi connectivity index (χ1n) is 8.24. The second-order valence-electron chi connectivity index (χ2n) is 5.82. The fourth-order valence-corrected chi connectivity index (χ4v) is 3.14. The SMILES string of the molecule is CCNC(C1=CCCCCCC1)C(C)(CC)OCC. The van der Waals surface area contributed by atoms with Crippen LogP contribution >= 0.6 is 0 Å². The van der Waals surface area contributed by atoms with E-state index in [-0.39, 0.29) is 5.60 Å². The molecule has 2 unspecified atom stereocenters. The monoisotopic (exact) mass is 267 g/mol. The third kappa shape index (κ3) is 4.92. The van der Waals surface area contributed by atoms with E-state index in [0.717, 1.165) is 19.6 Å². The Morgan fingerprint density at radius 2 is 1.95 bits per heavy atom. The van der Waals surface area contributed by atoms with Crippen LogP contribution in [0.5, 0.6) is 0 Å². The summed E-state index contributed by atoms with van der Waals surface area (Å²) < 4.78 is 6.12. The van der Waals surface area contributed by atoms with Crippen molar-refractivity contribution in [3.05, 3.63) is 11.6 Å². The van der Waals surface area contributed by atoms with E-state index in [4.69, 9.17) is 4.74 Å². The van der Waals surface area contributed by atoms with Crippen molar-refractivity contribution in [2.75, 3.05) is 13.2 Å². The molecule has 2 atom stereocenters. The van der Waals surface area contributed by atoms with Gasteiger partial charge < -0.3 is 10.1 Å². The van der Waals surface area contributed by atoms with Gasteiger partial charge >= 0.3 is 0 Å². The van der Waals surface area contributed by atoms with Crippen LogP contribution < -0.4 is 5.32 Å². The van der Waals surface area contributed by atoms with Gasteiger partial charge in [0, 0.05) is 6.61 Å². The number of allylic oxidation sites excluding steroid dienone is 1. The largest absolute Gasteiger partial charge is 0.374 e. The van der Waals surface area contributed by atoms with Gasteiger partial charge in [0.2, 0.25) is 0 Å². The predicted molar refractivity (Wildman–Crippen MR) is 83.6 cm³/mol. The van der Waals surface area contributed by atoms with Crippen molar-refractivity contribution in [3.63, 3.8) is 0 Å². The smallest absolute Gasteiger partial charge is 0.0842 e. The van der Waals surface area contributed by atoms with E-state index >= 15 is 0 Å². The summed E-state index contributed by atoms with van der Waals surface area (Å²) in [5.74, 6) is 0. The number of nitrogens with one attached hydrogen (secondary N) is 1. The molecule has 2 heteroatoms. The van der Waals surface area contributed by atoms with Crippen LogP contribution in [0.25, 0.3) is 0 Å². The molecule has 0 aromatic rings. The summed E-state index contributed by atoms with van der Waals surface area (Å²) >= 11 is 0. The van der Waals surface area contributed by atoms with Crippen molar-refractivity contribution >= 4 is 0 Å². The molecular formula is C17H33NO. The molecule has 1 rings (SSSR count). The van der Waals surface area contributed by atoms with Crippen LogP contribution in [0.2, 0.25) is 0 Å². The van der Waals surface area contributed by atoms with Crippen LogP contribution in [0.4, 0.5) is 0 Å². The second kappa shape index (κ2) is 8.76. The summed E-state index contributed by atoms with van der Waals surface area (Å²) in [5.41, 5.74) is 1.51. The fraction of sp³-hybridized carbons (Fsp3) is 0.882. The van der Waals surface area contributed by atoms with Crippen LogP contribution in [-0.4, -0.2) is 24.8 Å². The molecule has 2 nitrogen and oxygen atoms in total. The minimum absolute atomic E-state index is 0.0736. The summed E-state index contributed by atoms with van der Waals surface area (Å²) in [6.45, 7) is 10.6. The van der Waals surface area contributed by atoms with Crippen molar-refractivity contribution in [2.24, 2.45) is 0 Å². The Labute approximate surface area is 120 Å². The van der Waals surface area contributed by atoms with Crippen molar-refractivity contribution < 1.29 is 4.74 Å². The van der Waals surface area contributed by atoms with E-state index in [1.165, 1.54) is 38.5 Å². The quantitative estimate of drug-likeness (QED) is 0.688. The molecule has 0 fully saturated rings. The number of hydrogen-bond acceptors (Lipinski definition) is 2. The minimum atomic E-state index is -0.0736. The van der Waals surface area contributed by atoms with Gasteiger partial charge in [-0.25, -0.2) is 0 Å². The molecule has 0 saturated carbocycles. The lowest BCUT2D eigenvalue weighted by molar-refractivity contribution is -0.0470. The second-order valence-corrected chi connectivity index (χ2v) is 5.82. The molecule has 0 amide bonds. The summed E-state index contributed by atoms with van der Waals surface area (Å²) in [6.07, 6.45) is 11.5. The van der Waals surface area contributed by atoms with E-state index in [9.17, 15) is 0 Å². The van der Waals surface area contributed by atoms with Crippen LogP contribution in [0.3, 0.4) is 0 Å². The zero-order chi connectivity index (χ0) is 14.1.